The van der Waals surface area contributed by atoms with Gasteiger partial charge >= 0.3 is 0 Å². The van der Waals surface area contributed by atoms with Gasteiger partial charge in [0.25, 0.3) is 5.91 Å². The highest BCUT2D eigenvalue weighted by molar-refractivity contribution is 6.12. The summed E-state index contributed by atoms with van der Waals surface area (Å²) in [6.45, 7) is 2.78. The number of rotatable bonds is 3. The molecule has 2 aromatic heterocycles. The second kappa shape index (κ2) is 4.61. The third-order valence-corrected chi connectivity index (χ3v) is 3.05. The Balaban J connectivity index is 1.87. The van der Waals surface area contributed by atoms with Crippen LogP contribution < -0.4 is 5.32 Å². The third-order valence-electron chi connectivity index (χ3n) is 3.05. The highest BCUT2D eigenvalue weighted by Crippen LogP contribution is 2.19. The predicted molar refractivity (Wildman–Crippen MR) is 74.2 cm³/mol. The molecule has 0 spiro atoms. The number of benzene rings is 1. The van der Waals surface area contributed by atoms with Crippen LogP contribution in [0.25, 0.3) is 10.9 Å². The average molecular weight is 254 g/mol. The third kappa shape index (κ3) is 2.10. The number of nitrogens with one attached hydrogen (secondary N) is 2. The van der Waals surface area contributed by atoms with Gasteiger partial charge < -0.3 is 10.3 Å². The molecule has 1 amide bonds. The Hall–Kier alpha value is -2.56. The normalized spacial score (nSPS) is 10.8. The summed E-state index contributed by atoms with van der Waals surface area (Å²) in [7, 11) is 0. The van der Waals surface area contributed by atoms with Crippen LogP contribution in [0.2, 0.25) is 0 Å². The van der Waals surface area contributed by atoms with Gasteiger partial charge in [0, 0.05) is 29.8 Å². The molecule has 1 aromatic carbocycles. The first-order valence-electron chi connectivity index (χ1n) is 6.18. The number of fused-ring (bicyclic) bond motifs is 1. The lowest BCUT2D eigenvalue weighted by Crippen LogP contribution is -2.10. The number of nitrogens with zero attached hydrogens (tertiary/aromatic N) is 2. The van der Waals surface area contributed by atoms with Crippen molar-refractivity contribution in [2.75, 3.05) is 5.32 Å². The number of carbonyl (C=O) groups is 1. The smallest absolute Gasteiger partial charge is 0.257 e. The topological polar surface area (TPSA) is 62.7 Å². The van der Waals surface area contributed by atoms with Crippen LogP contribution >= 0.6 is 0 Å². The van der Waals surface area contributed by atoms with Crippen LogP contribution in [0.5, 0.6) is 0 Å². The van der Waals surface area contributed by atoms with Gasteiger partial charge in [-0.05, 0) is 13.0 Å². The number of aryl methyl sites for hydroxylation is 1. The number of aromatic nitrogens is 3. The zero-order chi connectivity index (χ0) is 13.2. The molecule has 0 aliphatic rings. The van der Waals surface area contributed by atoms with Gasteiger partial charge in [-0.2, -0.15) is 5.10 Å². The van der Waals surface area contributed by atoms with Crippen molar-refractivity contribution in [2.45, 2.75) is 13.5 Å². The van der Waals surface area contributed by atoms with E-state index in [9.17, 15) is 4.79 Å². The number of carbonyl (C=O) groups excluding carboxylic acids is 1. The molecule has 2 heterocycles. The molecule has 0 radical (unpaired) electrons. The summed E-state index contributed by atoms with van der Waals surface area (Å²) in [4.78, 5) is 15.3. The number of aromatic amines is 1. The molecule has 96 valence electrons. The average Bonchev–Trinajstić information content (AvgIpc) is 3.04. The predicted octanol–water partition coefficient (Wildman–Crippen LogP) is 2.64. The van der Waals surface area contributed by atoms with E-state index in [-0.39, 0.29) is 5.91 Å². The van der Waals surface area contributed by atoms with E-state index >= 15 is 0 Å². The van der Waals surface area contributed by atoms with Crippen molar-refractivity contribution < 1.29 is 4.79 Å². The fourth-order valence-corrected chi connectivity index (χ4v) is 2.06. The van der Waals surface area contributed by atoms with E-state index in [2.05, 4.69) is 15.4 Å². The van der Waals surface area contributed by atoms with Crippen LogP contribution in [-0.2, 0) is 6.54 Å². The highest BCUT2D eigenvalue weighted by atomic mass is 16.1. The van der Waals surface area contributed by atoms with Gasteiger partial charge in [0.15, 0.2) is 0 Å². The molecule has 19 heavy (non-hydrogen) atoms. The Kier molecular flexibility index (Phi) is 2.79. The SMILES string of the molecule is CCn1cc(NC(=O)c2c[nH]c3ccccc23)cn1. The first-order valence-corrected chi connectivity index (χ1v) is 6.18. The standard InChI is InChI=1S/C14H14N4O/c1-2-18-9-10(7-16-18)17-14(19)12-8-15-13-6-4-3-5-11(12)13/h3-9,15H,2H2,1H3,(H,17,19). The van der Waals surface area contributed by atoms with Gasteiger partial charge in [-0.1, -0.05) is 18.2 Å². The number of amides is 1. The number of para-hydroxylation sites is 1. The molecular weight excluding hydrogens is 240 g/mol. The lowest BCUT2D eigenvalue weighted by atomic mass is 10.1. The summed E-state index contributed by atoms with van der Waals surface area (Å²) >= 11 is 0. The van der Waals surface area contributed by atoms with Gasteiger partial charge in [-0.15, -0.1) is 0 Å². The Morgan fingerprint density at radius 1 is 1.42 bits per heavy atom. The van der Waals surface area contributed by atoms with Gasteiger partial charge in [0.2, 0.25) is 0 Å². The molecular formula is C14H14N4O. The first kappa shape index (κ1) is 11.5. The Labute approximate surface area is 110 Å². The molecule has 5 nitrogen and oxygen atoms in total. The van der Waals surface area contributed by atoms with E-state index in [0.717, 1.165) is 17.4 Å². The summed E-state index contributed by atoms with van der Waals surface area (Å²) in [5.41, 5.74) is 2.30. The maximum atomic E-state index is 12.2. The quantitative estimate of drug-likeness (QED) is 0.754. The van der Waals surface area contributed by atoms with E-state index in [1.807, 2.05) is 37.4 Å². The molecule has 0 fully saturated rings. The lowest BCUT2D eigenvalue weighted by Gasteiger charge is -2.00. The number of H-pyrrole nitrogens is 1. The Morgan fingerprint density at radius 3 is 3.05 bits per heavy atom. The highest BCUT2D eigenvalue weighted by Gasteiger charge is 2.12. The zero-order valence-electron chi connectivity index (χ0n) is 10.6. The minimum absolute atomic E-state index is 0.131. The first-order chi connectivity index (χ1) is 9.28. The maximum Gasteiger partial charge on any atom is 0.257 e. The minimum atomic E-state index is -0.131. The van der Waals surface area contributed by atoms with Crippen LogP contribution in [0.4, 0.5) is 5.69 Å². The number of hydrogen-bond donors (Lipinski definition) is 2. The van der Waals surface area contributed by atoms with E-state index in [4.69, 9.17) is 0 Å². The van der Waals surface area contributed by atoms with Crippen LogP contribution in [0, 0.1) is 0 Å². The van der Waals surface area contributed by atoms with E-state index < -0.39 is 0 Å². The van der Waals surface area contributed by atoms with Gasteiger partial charge in [0.05, 0.1) is 17.4 Å². The minimum Gasteiger partial charge on any atom is -0.360 e. The largest absolute Gasteiger partial charge is 0.360 e. The van der Waals surface area contributed by atoms with Crippen molar-refractivity contribution in [1.29, 1.82) is 0 Å². The number of hydrogen-bond acceptors (Lipinski definition) is 2. The molecule has 3 rings (SSSR count). The summed E-state index contributed by atoms with van der Waals surface area (Å²) in [6, 6.07) is 7.73. The molecule has 2 N–H and O–H groups in total. The van der Waals surface area contributed by atoms with Crippen molar-refractivity contribution in [1.82, 2.24) is 14.8 Å². The van der Waals surface area contributed by atoms with Crippen molar-refractivity contribution in [3.05, 3.63) is 48.4 Å². The Bertz CT molecular complexity index is 726. The fraction of sp³-hybridized carbons (Fsp3) is 0.143. The summed E-state index contributed by atoms with van der Waals surface area (Å²) < 4.78 is 1.77. The number of anilines is 1. The van der Waals surface area contributed by atoms with Crippen LogP contribution in [0.15, 0.2) is 42.9 Å². The van der Waals surface area contributed by atoms with Gasteiger partial charge in [0.1, 0.15) is 0 Å². The lowest BCUT2D eigenvalue weighted by molar-refractivity contribution is 0.102. The molecule has 0 saturated carbocycles. The molecule has 5 heteroatoms. The fourth-order valence-electron chi connectivity index (χ4n) is 2.06. The van der Waals surface area contributed by atoms with Crippen molar-refractivity contribution >= 4 is 22.5 Å². The summed E-state index contributed by atoms with van der Waals surface area (Å²) in [5.74, 6) is -0.131. The van der Waals surface area contributed by atoms with E-state index in [1.165, 1.54) is 0 Å². The summed E-state index contributed by atoms with van der Waals surface area (Å²) in [6.07, 6.45) is 5.19. The molecule has 0 unspecified atom stereocenters. The zero-order valence-corrected chi connectivity index (χ0v) is 10.6. The molecule has 0 atom stereocenters. The molecule has 0 aliphatic heterocycles. The Morgan fingerprint density at radius 2 is 2.26 bits per heavy atom. The van der Waals surface area contributed by atoms with Crippen molar-refractivity contribution in [3.8, 4) is 0 Å². The molecule has 3 aromatic rings. The van der Waals surface area contributed by atoms with E-state index in [0.29, 0.717) is 11.3 Å². The second-order valence-electron chi connectivity index (χ2n) is 4.29. The maximum absolute atomic E-state index is 12.2. The van der Waals surface area contributed by atoms with Crippen LogP contribution in [0.1, 0.15) is 17.3 Å². The van der Waals surface area contributed by atoms with Crippen LogP contribution in [-0.4, -0.2) is 20.7 Å². The molecule has 0 saturated heterocycles. The van der Waals surface area contributed by atoms with Gasteiger partial charge in [-0.3, -0.25) is 9.48 Å². The van der Waals surface area contributed by atoms with Crippen molar-refractivity contribution in [3.63, 3.8) is 0 Å². The second-order valence-corrected chi connectivity index (χ2v) is 4.29. The van der Waals surface area contributed by atoms with E-state index in [1.54, 1.807) is 17.1 Å². The van der Waals surface area contributed by atoms with Crippen molar-refractivity contribution in [2.24, 2.45) is 0 Å². The molecule has 0 bridgehead atoms. The molecule has 0 aliphatic carbocycles. The van der Waals surface area contributed by atoms with Gasteiger partial charge in [-0.25, -0.2) is 0 Å². The summed E-state index contributed by atoms with van der Waals surface area (Å²) in [5, 5.41) is 7.89. The monoisotopic (exact) mass is 254 g/mol. The van der Waals surface area contributed by atoms with Crippen LogP contribution in [0.3, 0.4) is 0 Å².